The second-order valence-electron chi connectivity index (χ2n) is 4.76. The van der Waals surface area contributed by atoms with Crippen LogP contribution in [0.4, 0.5) is 5.82 Å². The lowest BCUT2D eigenvalue weighted by atomic mass is 10.2. The number of hydrogen-bond acceptors (Lipinski definition) is 5. The third-order valence-corrected chi connectivity index (χ3v) is 2.82. The van der Waals surface area contributed by atoms with Gasteiger partial charge >= 0.3 is 0 Å². The smallest absolute Gasteiger partial charge is 0.224 e. The summed E-state index contributed by atoms with van der Waals surface area (Å²) in [5, 5.41) is 12.0. The lowest BCUT2D eigenvalue weighted by molar-refractivity contribution is 0.281. The molecule has 106 valence electrons. The van der Waals surface area contributed by atoms with Crippen LogP contribution in [-0.2, 0) is 6.61 Å². The zero-order chi connectivity index (χ0) is 14.5. The Morgan fingerprint density at radius 3 is 2.45 bits per heavy atom. The molecule has 0 fully saturated rings. The highest BCUT2D eigenvalue weighted by Gasteiger charge is 2.09. The number of nitrogens with one attached hydrogen (secondary N) is 1. The van der Waals surface area contributed by atoms with Crippen LogP contribution in [0.15, 0.2) is 30.3 Å². The summed E-state index contributed by atoms with van der Waals surface area (Å²) in [7, 11) is 1.81. The van der Waals surface area contributed by atoms with Gasteiger partial charge in [0.2, 0.25) is 5.88 Å². The maximum atomic E-state index is 9.01. The largest absolute Gasteiger partial charge is 0.439 e. The van der Waals surface area contributed by atoms with Crippen LogP contribution in [0.3, 0.4) is 0 Å². The van der Waals surface area contributed by atoms with Gasteiger partial charge in [0.05, 0.1) is 6.61 Å². The topological polar surface area (TPSA) is 67.3 Å². The van der Waals surface area contributed by atoms with Gasteiger partial charge in [-0.1, -0.05) is 26.0 Å². The zero-order valence-corrected chi connectivity index (χ0v) is 11.9. The van der Waals surface area contributed by atoms with Gasteiger partial charge in [-0.3, -0.25) is 0 Å². The van der Waals surface area contributed by atoms with E-state index < -0.39 is 0 Å². The molecular weight excluding hydrogens is 254 g/mol. The molecule has 2 aromatic rings. The summed E-state index contributed by atoms with van der Waals surface area (Å²) >= 11 is 0. The summed E-state index contributed by atoms with van der Waals surface area (Å²) in [6.07, 6.45) is 0. The number of aliphatic hydroxyl groups is 1. The molecule has 0 bridgehead atoms. The van der Waals surface area contributed by atoms with Crippen LogP contribution >= 0.6 is 0 Å². The van der Waals surface area contributed by atoms with Crippen molar-refractivity contribution in [3.8, 4) is 11.6 Å². The van der Waals surface area contributed by atoms with Crippen molar-refractivity contribution >= 4 is 5.82 Å². The molecule has 2 rings (SSSR count). The first-order valence-corrected chi connectivity index (χ1v) is 6.56. The minimum absolute atomic E-state index is 0.0230. The number of hydrogen-bond donors (Lipinski definition) is 2. The van der Waals surface area contributed by atoms with E-state index in [9.17, 15) is 0 Å². The van der Waals surface area contributed by atoms with Gasteiger partial charge in [-0.2, -0.15) is 4.98 Å². The van der Waals surface area contributed by atoms with Crippen LogP contribution in [0.25, 0.3) is 0 Å². The first-order chi connectivity index (χ1) is 9.62. The molecule has 0 saturated carbocycles. The Bertz CT molecular complexity index is 568. The molecule has 0 aliphatic carbocycles. The van der Waals surface area contributed by atoms with E-state index in [4.69, 9.17) is 9.84 Å². The van der Waals surface area contributed by atoms with Crippen molar-refractivity contribution in [2.75, 3.05) is 12.4 Å². The lowest BCUT2D eigenvalue weighted by Crippen LogP contribution is -2.03. The lowest BCUT2D eigenvalue weighted by Gasteiger charge is -2.11. The van der Waals surface area contributed by atoms with Crippen molar-refractivity contribution in [1.82, 2.24) is 9.97 Å². The van der Waals surface area contributed by atoms with E-state index in [1.165, 1.54) is 0 Å². The minimum atomic E-state index is 0.0230. The Balaban J connectivity index is 2.24. The predicted molar refractivity (Wildman–Crippen MR) is 78.1 cm³/mol. The van der Waals surface area contributed by atoms with Gasteiger partial charge in [0.25, 0.3) is 0 Å². The van der Waals surface area contributed by atoms with Gasteiger partial charge in [0.15, 0.2) is 0 Å². The van der Waals surface area contributed by atoms with Crippen LogP contribution in [0.1, 0.15) is 31.2 Å². The van der Waals surface area contributed by atoms with Crippen molar-refractivity contribution in [1.29, 1.82) is 0 Å². The quantitative estimate of drug-likeness (QED) is 0.876. The van der Waals surface area contributed by atoms with E-state index >= 15 is 0 Å². The van der Waals surface area contributed by atoms with Gasteiger partial charge in [-0.25, -0.2) is 4.98 Å². The number of anilines is 1. The van der Waals surface area contributed by atoms with E-state index in [-0.39, 0.29) is 12.5 Å². The van der Waals surface area contributed by atoms with Crippen LogP contribution < -0.4 is 10.1 Å². The Labute approximate surface area is 118 Å². The number of ether oxygens (including phenoxy) is 1. The highest BCUT2D eigenvalue weighted by molar-refractivity contribution is 5.40. The zero-order valence-electron chi connectivity index (χ0n) is 11.9. The van der Waals surface area contributed by atoms with E-state index in [1.54, 1.807) is 6.07 Å². The molecule has 0 aliphatic heterocycles. The van der Waals surface area contributed by atoms with Gasteiger partial charge in [0, 0.05) is 19.0 Å². The number of rotatable bonds is 5. The van der Waals surface area contributed by atoms with Crippen molar-refractivity contribution in [2.24, 2.45) is 0 Å². The summed E-state index contributed by atoms with van der Waals surface area (Å²) in [6.45, 7) is 4.10. The molecule has 20 heavy (non-hydrogen) atoms. The highest BCUT2D eigenvalue weighted by atomic mass is 16.5. The molecule has 5 nitrogen and oxygen atoms in total. The normalized spacial score (nSPS) is 10.7. The van der Waals surface area contributed by atoms with Gasteiger partial charge < -0.3 is 15.2 Å². The maximum absolute atomic E-state index is 9.01. The molecule has 1 heterocycles. The molecule has 0 amide bonds. The summed E-state index contributed by atoms with van der Waals surface area (Å²) in [5.74, 6) is 2.87. The SMILES string of the molecule is CNc1cc(Oc2ccc(CO)cc2)nc(C(C)C)n1. The van der Waals surface area contributed by atoms with E-state index in [1.807, 2.05) is 45.2 Å². The molecule has 1 aromatic carbocycles. The third-order valence-electron chi connectivity index (χ3n) is 2.82. The first kappa shape index (κ1) is 14.3. The van der Waals surface area contributed by atoms with Crippen molar-refractivity contribution in [2.45, 2.75) is 26.4 Å². The summed E-state index contributed by atoms with van der Waals surface area (Å²) in [5.41, 5.74) is 0.846. The number of benzene rings is 1. The number of nitrogens with zero attached hydrogens (tertiary/aromatic N) is 2. The fraction of sp³-hybridized carbons (Fsp3) is 0.333. The Kier molecular flexibility index (Phi) is 4.53. The Morgan fingerprint density at radius 1 is 1.20 bits per heavy atom. The van der Waals surface area contributed by atoms with Crippen LogP contribution in [0.2, 0.25) is 0 Å². The fourth-order valence-electron chi connectivity index (χ4n) is 1.67. The van der Waals surface area contributed by atoms with E-state index in [0.29, 0.717) is 11.6 Å². The number of aromatic nitrogens is 2. The second-order valence-corrected chi connectivity index (χ2v) is 4.76. The molecule has 0 saturated heterocycles. The number of aliphatic hydroxyl groups excluding tert-OH is 1. The predicted octanol–water partition coefficient (Wildman–Crippen LogP) is 2.93. The van der Waals surface area contributed by atoms with Crippen molar-refractivity contribution in [3.63, 3.8) is 0 Å². The third kappa shape index (κ3) is 3.45. The molecule has 1 aromatic heterocycles. The second kappa shape index (κ2) is 6.34. The molecule has 0 radical (unpaired) electrons. The molecule has 2 N–H and O–H groups in total. The monoisotopic (exact) mass is 273 g/mol. The molecule has 0 aliphatic rings. The Hall–Kier alpha value is -2.14. The van der Waals surface area contributed by atoms with Crippen LogP contribution in [0.5, 0.6) is 11.6 Å². The summed E-state index contributed by atoms with van der Waals surface area (Å²) in [4.78, 5) is 8.78. The molecule has 0 atom stereocenters. The van der Waals surface area contributed by atoms with E-state index in [2.05, 4.69) is 15.3 Å². The van der Waals surface area contributed by atoms with E-state index in [0.717, 1.165) is 17.2 Å². The molecule has 0 unspecified atom stereocenters. The minimum Gasteiger partial charge on any atom is -0.439 e. The first-order valence-electron chi connectivity index (χ1n) is 6.56. The van der Waals surface area contributed by atoms with Crippen LogP contribution in [0, 0.1) is 0 Å². The Morgan fingerprint density at radius 2 is 1.90 bits per heavy atom. The van der Waals surface area contributed by atoms with Crippen molar-refractivity contribution in [3.05, 3.63) is 41.7 Å². The average Bonchev–Trinajstić information content (AvgIpc) is 2.47. The van der Waals surface area contributed by atoms with Gasteiger partial charge in [0.1, 0.15) is 17.4 Å². The molecule has 0 spiro atoms. The molecule has 5 heteroatoms. The highest BCUT2D eigenvalue weighted by Crippen LogP contribution is 2.24. The maximum Gasteiger partial charge on any atom is 0.224 e. The fourth-order valence-corrected chi connectivity index (χ4v) is 1.67. The van der Waals surface area contributed by atoms with Crippen LogP contribution in [-0.4, -0.2) is 22.1 Å². The summed E-state index contributed by atoms with van der Waals surface area (Å²) < 4.78 is 5.74. The summed E-state index contributed by atoms with van der Waals surface area (Å²) in [6, 6.07) is 9.01. The average molecular weight is 273 g/mol. The molecular formula is C15H19N3O2. The van der Waals surface area contributed by atoms with Gasteiger partial charge in [-0.05, 0) is 17.7 Å². The van der Waals surface area contributed by atoms with Gasteiger partial charge in [-0.15, -0.1) is 0 Å². The van der Waals surface area contributed by atoms with Crippen molar-refractivity contribution < 1.29 is 9.84 Å². The standard InChI is InChI=1S/C15H19N3O2/c1-10(2)15-17-13(16-3)8-14(18-15)20-12-6-4-11(9-19)5-7-12/h4-8,10,19H,9H2,1-3H3,(H,16,17,18).